The maximum absolute atomic E-state index is 16.7. The van der Waals surface area contributed by atoms with Gasteiger partial charge in [-0.3, -0.25) is 20.0 Å². The molecule has 2 aromatic carbocycles. The van der Waals surface area contributed by atoms with Crippen LogP contribution in [0.15, 0.2) is 42.6 Å². The minimum Gasteiger partial charge on any atom is -0.461 e. The van der Waals surface area contributed by atoms with Crippen molar-refractivity contribution in [2.24, 2.45) is 0 Å². The van der Waals surface area contributed by atoms with Gasteiger partial charge in [-0.2, -0.15) is 9.97 Å². The first-order chi connectivity index (χ1) is 21.9. The number of carbonyl (C=O) groups excluding carboxylic acids is 2. The molecule has 0 radical (unpaired) electrons. The van der Waals surface area contributed by atoms with Gasteiger partial charge in [0, 0.05) is 23.7 Å². The number of hydrogen-bond donors (Lipinski definition) is 2. The minimum atomic E-state index is -1.36. The summed E-state index contributed by atoms with van der Waals surface area (Å²) in [5.41, 5.74) is -1.26. The van der Waals surface area contributed by atoms with Crippen LogP contribution in [0.5, 0.6) is 6.01 Å². The highest BCUT2D eigenvalue weighted by atomic mass is 19.1. The van der Waals surface area contributed by atoms with Crippen LogP contribution in [0, 0.1) is 11.6 Å². The van der Waals surface area contributed by atoms with Gasteiger partial charge < -0.3 is 19.7 Å². The molecule has 13 heteroatoms. The van der Waals surface area contributed by atoms with Crippen LogP contribution in [0.1, 0.15) is 25.7 Å². The maximum Gasteiger partial charge on any atom is 0.322 e. The van der Waals surface area contributed by atoms with Gasteiger partial charge in [0.1, 0.15) is 29.5 Å². The summed E-state index contributed by atoms with van der Waals surface area (Å²) < 4.78 is 43.8. The highest BCUT2D eigenvalue weighted by molar-refractivity contribution is 6.08. The number of aromatic nitrogens is 3. The van der Waals surface area contributed by atoms with E-state index in [4.69, 9.17) is 14.5 Å². The summed E-state index contributed by atoms with van der Waals surface area (Å²) in [5.74, 6) is -1.45. The lowest BCUT2D eigenvalue weighted by molar-refractivity contribution is -0.125. The number of pyridine rings is 1. The molecule has 0 aliphatic carbocycles. The summed E-state index contributed by atoms with van der Waals surface area (Å²) in [6.45, 7) is 2.91. The number of ether oxygens (including phenoxy) is 2. The predicted molar refractivity (Wildman–Crippen MR) is 161 cm³/mol. The molecule has 1 atom stereocenters. The molecule has 4 aromatic rings. The Kier molecular flexibility index (Phi) is 6.57. The molecule has 4 aliphatic heterocycles. The number of anilines is 1. The molecular formula is C32H31F2N7O4. The van der Waals surface area contributed by atoms with E-state index in [1.54, 1.807) is 35.2 Å². The van der Waals surface area contributed by atoms with E-state index in [9.17, 15) is 9.59 Å². The van der Waals surface area contributed by atoms with E-state index in [2.05, 4.69) is 25.5 Å². The SMILES string of the molecule is O=C1NC(=O)C2(COCCN(c3nc(OCC45CCCN4CCC5)nc4c(F)c(-c5cccc6cccc(F)c56)ncc34)C2)N1. The van der Waals surface area contributed by atoms with Crippen molar-refractivity contribution in [2.45, 2.75) is 36.8 Å². The first-order valence-electron chi connectivity index (χ1n) is 15.2. The highest BCUT2D eigenvalue weighted by Crippen LogP contribution is 2.40. The largest absolute Gasteiger partial charge is 0.461 e. The lowest BCUT2D eigenvalue weighted by Gasteiger charge is -2.32. The van der Waals surface area contributed by atoms with Gasteiger partial charge in [-0.05, 0) is 50.2 Å². The van der Waals surface area contributed by atoms with Crippen molar-refractivity contribution < 1.29 is 27.8 Å². The lowest BCUT2D eigenvalue weighted by atomic mass is 9.95. The second kappa shape index (κ2) is 10.6. The number of fused-ring (bicyclic) bond motifs is 3. The molecule has 2 aromatic heterocycles. The Morgan fingerprint density at radius 2 is 1.82 bits per heavy atom. The normalized spacial score (nSPS) is 23.0. The molecule has 1 spiro atoms. The van der Waals surface area contributed by atoms with Crippen molar-refractivity contribution in [1.29, 1.82) is 0 Å². The number of nitrogens with one attached hydrogen (secondary N) is 2. The molecule has 0 bridgehead atoms. The molecule has 0 saturated carbocycles. The minimum absolute atomic E-state index is 0.00935. The van der Waals surface area contributed by atoms with E-state index in [0.29, 0.717) is 29.9 Å². The number of benzene rings is 2. The Morgan fingerprint density at radius 3 is 2.60 bits per heavy atom. The van der Waals surface area contributed by atoms with Crippen LogP contribution in [-0.2, 0) is 9.53 Å². The molecule has 2 N–H and O–H groups in total. The third-order valence-corrected chi connectivity index (χ3v) is 9.66. The molecule has 8 rings (SSSR count). The van der Waals surface area contributed by atoms with Gasteiger partial charge in [0.2, 0.25) is 0 Å². The number of imide groups is 1. The van der Waals surface area contributed by atoms with Crippen molar-refractivity contribution in [3.05, 3.63) is 54.2 Å². The molecule has 1 unspecified atom stereocenters. The average molecular weight is 616 g/mol. The van der Waals surface area contributed by atoms with Crippen molar-refractivity contribution in [2.75, 3.05) is 50.9 Å². The topological polar surface area (TPSA) is 122 Å². The van der Waals surface area contributed by atoms with Crippen LogP contribution < -0.4 is 20.3 Å². The van der Waals surface area contributed by atoms with E-state index < -0.39 is 29.1 Å². The standard InChI is InChI=1S/C32H31F2N7O4/c33-22-8-2-6-19-5-1-7-20(23(19)22)25-24(34)26-21(15-35-25)27(40-13-14-44-18-32(16-40)28(42)38-29(43)39-32)37-30(36-26)45-17-31-9-3-11-41(31)12-4-10-31/h1-2,5-8,15H,3-4,9-14,16-18H2,(H2,38,39,42,43). The average Bonchev–Trinajstić information content (AvgIpc) is 3.64. The number of amides is 3. The van der Waals surface area contributed by atoms with Crippen molar-refractivity contribution >= 4 is 39.4 Å². The number of urea groups is 1. The Morgan fingerprint density at radius 1 is 1.02 bits per heavy atom. The smallest absolute Gasteiger partial charge is 0.322 e. The summed E-state index contributed by atoms with van der Waals surface area (Å²) in [6.07, 6.45) is 5.64. The van der Waals surface area contributed by atoms with Crippen LogP contribution in [0.2, 0.25) is 0 Å². The Hall–Kier alpha value is -4.49. The summed E-state index contributed by atoms with van der Waals surface area (Å²) in [7, 11) is 0. The molecule has 6 heterocycles. The van der Waals surface area contributed by atoms with E-state index in [1.807, 2.05) is 0 Å². The van der Waals surface area contributed by atoms with E-state index in [0.717, 1.165) is 38.8 Å². The monoisotopic (exact) mass is 615 g/mol. The van der Waals surface area contributed by atoms with Crippen LogP contribution in [0.3, 0.4) is 0 Å². The number of halogens is 2. The van der Waals surface area contributed by atoms with Gasteiger partial charge in [-0.15, -0.1) is 0 Å². The van der Waals surface area contributed by atoms with Gasteiger partial charge in [0.05, 0.1) is 30.7 Å². The molecular weight excluding hydrogens is 584 g/mol. The number of carbonyl (C=O) groups is 2. The predicted octanol–water partition coefficient (Wildman–Crippen LogP) is 3.55. The molecule has 4 fully saturated rings. The zero-order valence-electron chi connectivity index (χ0n) is 24.4. The molecule has 11 nitrogen and oxygen atoms in total. The van der Waals surface area contributed by atoms with Crippen LogP contribution >= 0.6 is 0 Å². The van der Waals surface area contributed by atoms with Crippen molar-refractivity contribution in [3.63, 3.8) is 0 Å². The fourth-order valence-corrected chi connectivity index (χ4v) is 7.46. The molecule has 4 aliphatic rings. The summed E-state index contributed by atoms with van der Waals surface area (Å²) in [6, 6.07) is 9.20. The zero-order valence-corrected chi connectivity index (χ0v) is 24.4. The van der Waals surface area contributed by atoms with Gasteiger partial charge in [0.15, 0.2) is 11.4 Å². The number of nitrogens with zero attached hydrogens (tertiary/aromatic N) is 5. The first-order valence-corrected chi connectivity index (χ1v) is 15.2. The zero-order chi connectivity index (χ0) is 30.8. The van der Waals surface area contributed by atoms with Crippen LogP contribution in [0.4, 0.5) is 19.4 Å². The van der Waals surface area contributed by atoms with Gasteiger partial charge in [0.25, 0.3) is 5.91 Å². The summed E-state index contributed by atoms with van der Waals surface area (Å²) in [4.78, 5) is 43.0. The van der Waals surface area contributed by atoms with Crippen molar-refractivity contribution in [3.8, 4) is 17.3 Å². The Bertz CT molecular complexity index is 1860. The summed E-state index contributed by atoms with van der Waals surface area (Å²) in [5, 5.41) is 6.15. The molecule has 4 saturated heterocycles. The Labute approximate surface area is 256 Å². The highest BCUT2D eigenvalue weighted by Gasteiger charge is 2.49. The Balaban J connectivity index is 1.26. The van der Waals surface area contributed by atoms with Gasteiger partial charge in [-0.25, -0.2) is 13.6 Å². The third kappa shape index (κ3) is 4.55. The third-order valence-electron chi connectivity index (χ3n) is 9.66. The van der Waals surface area contributed by atoms with Crippen molar-refractivity contribution in [1.82, 2.24) is 30.5 Å². The summed E-state index contributed by atoms with van der Waals surface area (Å²) >= 11 is 0. The molecule has 3 amide bonds. The fourth-order valence-electron chi connectivity index (χ4n) is 7.46. The van der Waals surface area contributed by atoms with Crippen LogP contribution in [-0.4, -0.2) is 88.9 Å². The second-order valence-corrected chi connectivity index (χ2v) is 12.3. The van der Waals surface area contributed by atoms with E-state index in [1.165, 1.54) is 12.3 Å². The van der Waals surface area contributed by atoms with E-state index in [-0.39, 0.29) is 53.3 Å². The lowest BCUT2D eigenvalue weighted by Crippen LogP contribution is -2.57. The first kappa shape index (κ1) is 28.0. The molecule has 45 heavy (non-hydrogen) atoms. The van der Waals surface area contributed by atoms with E-state index >= 15 is 8.78 Å². The molecule has 232 valence electrons. The fraction of sp³-hybridized carbons (Fsp3) is 0.406. The van der Waals surface area contributed by atoms with Gasteiger partial charge >= 0.3 is 12.0 Å². The number of hydrogen-bond acceptors (Lipinski definition) is 9. The van der Waals surface area contributed by atoms with Crippen LogP contribution in [0.25, 0.3) is 32.9 Å². The van der Waals surface area contributed by atoms with Gasteiger partial charge in [-0.1, -0.05) is 30.3 Å². The second-order valence-electron chi connectivity index (χ2n) is 12.3. The maximum atomic E-state index is 16.7. The quantitative estimate of drug-likeness (QED) is 0.325. The number of rotatable bonds is 5.